The fourth-order valence-electron chi connectivity index (χ4n) is 7.06. The number of imidazole rings is 1. The molecule has 6 aromatic carbocycles. The first-order valence-corrected chi connectivity index (χ1v) is 15.7. The largest absolute Gasteiger partial charge is 0.292 e. The second kappa shape index (κ2) is 10.0. The Morgan fingerprint density at radius 3 is 1.60 bits per heavy atom. The van der Waals surface area contributed by atoms with E-state index in [0.29, 0.717) is 17.3 Å². The van der Waals surface area contributed by atoms with Crippen molar-refractivity contribution in [1.82, 2.24) is 23.9 Å². The van der Waals surface area contributed by atoms with Gasteiger partial charge in [-0.15, -0.1) is 0 Å². The predicted molar refractivity (Wildman–Crippen MR) is 188 cm³/mol. The lowest BCUT2D eigenvalue weighted by molar-refractivity contribution is 0.627. The van der Waals surface area contributed by atoms with Crippen molar-refractivity contribution in [3.63, 3.8) is 0 Å². The van der Waals surface area contributed by atoms with E-state index in [0.717, 1.165) is 71.3 Å². The van der Waals surface area contributed by atoms with Gasteiger partial charge in [0.25, 0.3) is 0 Å². The average Bonchev–Trinajstić information content (AvgIpc) is 3.67. The van der Waals surface area contributed by atoms with Gasteiger partial charge in [-0.1, -0.05) is 60.7 Å². The van der Waals surface area contributed by atoms with Crippen molar-refractivity contribution in [2.24, 2.45) is 0 Å². The van der Waals surface area contributed by atoms with Crippen molar-refractivity contribution in [2.45, 2.75) is 0 Å². The van der Waals surface area contributed by atoms with E-state index in [-0.39, 0.29) is 11.6 Å². The first-order valence-electron chi connectivity index (χ1n) is 15.7. The molecular formula is C41H23F2N5. The van der Waals surface area contributed by atoms with Gasteiger partial charge in [0.2, 0.25) is 5.95 Å². The van der Waals surface area contributed by atoms with Gasteiger partial charge in [-0.3, -0.25) is 8.97 Å². The van der Waals surface area contributed by atoms with Crippen LogP contribution in [0.1, 0.15) is 0 Å². The predicted octanol–water partition coefficient (Wildman–Crippen LogP) is 10.3. The van der Waals surface area contributed by atoms with Crippen LogP contribution in [-0.4, -0.2) is 23.9 Å². The maximum Gasteiger partial charge on any atom is 0.235 e. The number of halogens is 2. The van der Waals surface area contributed by atoms with Crippen LogP contribution in [0.3, 0.4) is 0 Å². The van der Waals surface area contributed by atoms with E-state index in [1.807, 2.05) is 18.2 Å². The minimum absolute atomic E-state index is 0.327. The maximum absolute atomic E-state index is 14.0. The SMILES string of the molecule is Fc1ccc(-c2cc(-c3ccc(F)cc3)nc(-n3c4ccccc4c4cc5nc6c7ccccc7c7ccccc7n6c5cc43)n2)cc1. The molecule has 0 saturated heterocycles. The van der Waals surface area contributed by atoms with Gasteiger partial charge in [0.05, 0.1) is 39.0 Å². The van der Waals surface area contributed by atoms with E-state index in [1.165, 1.54) is 24.3 Å². The summed E-state index contributed by atoms with van der Waals surface area (Å²) >= 11 is 0. The number of fused-ring (bicyclic) bond motifs is 11. The van der Waals surface area contributed by atoms with Gasteiger partial charge in [-0.25, -0.2) is 23.7 Å². The Morgan fingerprint density at radius 1 is 0.417 bits per heavy atom. The molecule has 0 aliphatic carbocycles. The molecule has 0 unspecified atom stereocenters. The standard InChI is InChI=1S/C41H23F2N5/c42-26-17-13-24(14-18-26)33-22-34(25-15-19-27(43)20-16-25)46-41(45-33)48-37-12-6-4-9-30(37)32-21-35-39(23-38(32)48)47-36-11-5-3-8-29(36)28-7-1-2-10-31(28)40(47)44-35/h1-23H. The molecule has 0 aliphatic heterocycles. The van der Waals surface area contributed by atoms with Crippen LogP contribution in [0.4, 0.5) is 8.78 Å². The molecular weight excluding hydrogens is 600 g/mol. The summed E-state index contributed by atoms with van der Waals surface area (Å²) in [4.78, 5) is 15.4. The molecule has 0 fully saturated rings. The van der Waals surface area contributed by atoms with Crippen LogP contribution in [-0.2, 0) is 0 Å². The van der Waals surface area contributed by atoms with Gasteiger partial charge < -0.3 is 0 Å². The summed E-state index contributed by atoms with van der Waals surface area (Å²) in [6, 6.07) is 43.7. The van der Waals surface area contributed by atoms with Crippen molar-refractivity contribution < 1.29 is 8.78 Å². The van der Waals surface area contributed by atoms with Crippen LogP contribution in [0, 0.1) is 11.6 Å². The molecule has 0 amide bonds. The normalized spacial score (nSPS) is 12.0. The fraction of sp³-hybridized carbons (Fsp3) is 0. The number of aromatic nitrogens is 5. The highest BCUT2D eigenvalue weighted by Gasteiger charge is 2.20. The first-order chi connectivity index (χ1) is 23.6. The second-order valence-corrected chi connectivity index (χ2v) is 12.0. The Labute approximate surface area is 272 Å². The minimum atomic E-state index is -0.327. The molecule has 10 aromatic rings. The number of hydrogen-bond donors (Lipinski definition) is 0. The smallest absolute Gasteiger partial charge is 0.235 e. The third kappa shape index (κ3) is 3.91. The van der Waals surface area contributed by atoms with Crippen molar-refractivity contribution in [3.05, 3.63) is 151 Å². The van der Waals surface area contributed by atoms with E-state index >= 15 is 0 Å². The Morgan fingerprint density at radius 2 is 0.958 bits per heavy atom. The summed E-state index contributed by atoms with van der Waals surface area (Å²) in [5, 5.41) is 5.47. The topological polar surface area (TPSA) is 48.0 Å². The second-order valence-electron chi connectivity index (χ2n) is 12.0. The number of pyridine rings is 1. The van der Waals surface area contributed by atoms with Gasteiger partial charge in [0, 0.05) is 32.7 Å². The summed E-state index contributed by atoms with van der Waals surface area (Å²) < 4.78 is 32.2. The van der Waals surface area contributed by atoms with Crippen molar-refractivity contribution in [1.29, 1.82) is 0 Å². The van der Waals surface area contributed by atoms with Crippen molar-refractivity contribution >= 4 is 60.2 Å². The first kappa shape index (κ1) is 26.7. The zero-order valence-corrected chi connectivity index (χ0v) is 25.3. The van der Waals surface area contributed by atoms with Crippen LogP contribution < -0.4 is 0 Å². The van der Waals surface area contributed by atoms with Crippen molar-refractivity contribution in [3.8, 4) is 28.5 Å². The lowest BCUT2D eigenvalue weighted by atomic mass is 10.1. The molecule has 226 valence electrons. The summed E-state index contributed by atoms with van der Waals surface area (Å²) in [6.07, 6.45) is 0. The molecule has 0 bridgehead atoms. The lowest BCUT2D eigenvalue weighted by Crippen LogP contribution is -2.04. The van der Waals surface area contributed by atoms with Crippen LogP contribution in [0.25, 0.3) is 88.6 Å². The average molecular weight is 624 g/mol. The highest BCUT2D eigenvalue weighted by molar-refractivity contribution is 6.17. The molecule has 7 heteroatoms. The number of rotatable bonds is 3. The van der Waals surface area contributed by atoms with Crippen LogP contribution in [0.5, 0.6) is 0 Å². The Hall–Kier alpha value is -6.47. The van der Waals surface area contributed by atoms with Crippen LogP contribution in [0.15, 0.2) is 140 Å². The minimum Gasteiger partial charge on any atom is -0.292 e. The molecule has 0 aliphatic rings. The summed E-state index contributed by atoms with van der Waals surface area (Å²) in [5.41, 5.74) is 8.42. The molecule has 0 N–H and O–H groups in total. The van der Waals surface area contributed by atoms with Gasteiger partial charge in [-0.2, -0.15) is 0 Å². The molecule has 10 rings (SSSR count). The highest BCUT2D eigenvalue weighted by Crippen LogP contribution is 2.38. The van der Waals surface area contributed by atoms with E-state index in [1.54, 1.807) is 24.3 Å². The third-order valence-corrected chi connectivity index (χ3v) is 9.25. The lowest BCUT2D eigenvalue weighted by Gasteiger charge is -2.12. The molecule has 0 atom stereocenters. The van der Waals surface area contributed by atoms with E-state index in [2.05, 4.69) is 81.8 Å². The molecule has 4 heterocycles. The van der Waals surface area contributed by atoms with Crippen LogP contribution in [0.2, 0.25) is 0 Å². The third-order valence-electron chi connectivity index (χ3n) is 9.25. The quantitative estimate of drug-likeness (QED) is 0.184. The van der Waals surface area contributed by atoms with Gasteiger partial charge in [0.1, 0.15) is 17.3 Å². The van der Waals surface area contributed by atoms with Gasteiger partial charge >= 0.3 is 0 Å². The maximum atomic E-state index is 14.0. The fourth-order valence-corrected chi connectivity index (χ4v) is 7.06. The summed E-state index contributed by atoms with van der Waals surface area (Å²) in [7, 11) is 0. The molecule has 4 aromatic heterocycles. The zero-order valence-electron chi connectivity index (χ0n) is 25.3. The zero-order chi connectivity index (χ0) is 31.9. The van der Waals surface area contributed by atoms with E-state index in [9.17, 15) is 8.78 Å². The van der Waals surface area contributed by atoms with E-state index < -0.39 is 0 Å². The highest BCUT2D eigenvalue weighted by atomic mass is 19.1. The monoisotopic (exact) mass is 623 g/mol. The molecule has 5 nitrogen and oxygen atoms in total. The number of nitrogens with zero attached hydrogens (tertiary/aromatic N) is 5. The Kier molecular flexibility index (Phi) is 5.57. The Balaban J connectivity index is 1.33. The van der Waals surface area contributed by atoms with Gasteiger partial charge in [0.15, 0.2) is 0 Å². The van der Waals surface area contributed by atoms with Crippen molar-refractivity contribution in [2.75, 3.05) is 0 Å². The number of para-hydroxylation sites is 2. The molecule has 48 heavy (non-hydrogen) atoms. The summed E-state index contributed by atoms with van der Waals surface area (Å²) in [6.45, 7) is 0. The van der Waals surface area contributed by atoms with E-state index in [4.69, 9.17) is 15.0 Å². The van der Waals surface area contributed by atoms with Gasteiger partial charge in [-0.05, 0) is 84.2 Å². The molecule has 0 radical (unpaired) electrons. The number of hydrogen-bond acceptors (Lipinski definition) is 3. The summed E-state index contributed by atoms with van der Waals surface area (Å²) in [5.74, 6) is -0.205. The Bertz CT molecular complexity index is 2840. The molecule has 0 saturated carbocycles. The molecule has 0 spiro atoms. The van der Waals surface area contributed by atoms with Crippen LogP contribution >= 0.6 is 0 Å². The number of benzene rings is 6.